The molecule has 0 saturated carbocycles. The lowest BCUT2D eigenvalue weighted by molar-refractivity contribution is 0.0369. The normalized spacial score (nSPS) is 23.5. The molecule has 114 valence electrons. The number of hydrogen-bond acceptors (Lipinski definition) is 4. The maximum atomic E-state index is 9.65. The molecule has 1 heterocycles. The van der Waals surface area contributed by atoms with E-state index in [-0.39, 0.29) is 18.7 Å². The summed E-state index contributed by atoms with van der Waals surface area (Å²) in [7, 11) is 0. The van der Waals surface area contributed by atoms with Crippen molar-refractivity contribution in [3.8, 4) is 0 Å². The van der Waals surface area contributed by atoms with Crippen LogP contribution in [0.3, 0.4) is 0 Å². The van der Waals surface area contributed by atoms with Gasteiger partial charge in [-0.05, 0) is 25.7 Å². The standard InChI is InChI=1S/C15H33N3O/c1-5-13(4)17-6-8-18(9-7-17)15(11-19)14(16)10-12(2)3/h12-15,19H,5-11,16H2,1-4H3. The van der Waals surface area contributed by atoms with E-state index in [4.69, 9.17) is 5.73 Å². The number of nitrogens with zero attached hydrogens (tertiary/aromatic N) is 2. The molecule has 1 rings (SSSR count). The van der Waals surface area contributed by atoms with Crippen LogP contribution in [-0.2, 0) is 0 Å². The molecule has 0 spiro atoms. The first kappa shape index (κ1) is 16.9. The van der Waals surface area contributed by atoms with Crippen molar-refractivity contribution in [1.29, 1.82) is 0 Å². The van der Waals surface area contributed by atoms with Crippen LogP contribution in [-0.4, -0.2) is 65.8 Å². The van der Waals surface area contributed by atoms with Gasteiger partial charge in [0.2, 0.25) is 0 Å². The van der Waals surface area contributed by atoms with Crippen LogP contribution in [0.25, 0.3) is 0 Å². The summed E-state index contributed by atoms with van der Waals surface area (Å²) in [5.41, 5.74) is 6.27. The highest BCUT2D eigenvalue weighted by Crippen LogP contribution is 2.15. The minimum Gasteiger partial charge on any atom is -0.395 e. The molecule has 1 fully saturated rings. The number of rotatable bonds is 7. The molecule has 0 aromatic rings. The van der Waals surface area contributed by atoms with Crippen molar-refractivity contribution in [3.63, 3.8) is 0 Å². The summed E-state index contributed by atoms with van der Waals surface area (Å²) in [5, 5.41) is 9.65. The third-order valence-electron chi connectivity index (χ3n) is 4.46. The Hall–Kier alpha value is -0.160. The van der Waals surface area contributed by atoms with Crippen molar-refractivity contribution in [1.82, 2.24) is 9.80 Å². The van der Waals surface area contributed by atoms with E-state index in [9.17, 15) is 5.11 Å². The third-order valence-corrected chi connectivity index (χ3v) is 4.46. The number of aliphatic hydroxyl groups excluding tert-OH is 1. The summed E-state index contributed by atoms with van der Waals surface area (Å²) in [5.74, 6) is 0.588. The monoisotopic (exact) mass is 271 g/mol. The summed E-state index contributed by atoms with van der Waals surface area (Å²) in [4.78, 5) is 4.92. The summed E-state index contributed by atoms with van der Waals surface area (Å²) >= 11 is 0. The molecular weight excluding hydrogens is 238 g/mol. The Kier molecular flexibility index (Phi) is 7.29. The van der Waals surface area contributed by atoms with Gasteiger partial charge in [0.05, 0.1) is 6.61 Å². The topological polar surface area (TPSA) is 52.7 Å². The average molecular weight is 271 g/mol. The number of aliphatic hydroxyl groups is 1. The van der Waals surface area contributed by atoms with Gasteiger partial charge in [-0.1, -0.05) is 20.8 Å². The predicted octanol–water partition coefficient (Wildman–Crippen LogP) is 1.14. The molecule has 1 aliphatic heterocycles. The number of piperazine rings is 1. The van der Waals surface area contributed by atoms with Gasteiger partial charge in [-0.3, -0.25) is 9.80 Å². The summed E-state index contributed by atoms with van der Waals surface area (Å²) < 4.78 is 0. The highest BCUT2D eigenvalue weighted by molar-refractivity contribution is 4.86. The molecule has 0 radical (unpaired) electrons. The molecule has 4 heteroatoms. The van der Waals surface area contributed by atoms with Crippen molar-refractivity contribution in [2.45, 2.75) is 58.7 Å². The Balaban J connectivity index is 2.47. The lowest BCUT2D eigenvalue weighted by Gasteiger charge is -2.42. The van der Waals surface area contributed by atoms with E-state index in [2.05, 4.69) is 37.5 Å². The van der Waals surface area contributed by atoms with Gasteiger partial charge in [0, 0.05) is 44.3 Å². The highest BCUT2D eigenvalue weighted by Gasteiger charge is 2.28. The van der Waals surface area contributed by atoms with Crippen molar-refractivity contribution < 1.29 is 5.11 Å². The minimum absolute atomic E-state index is 0.0835. The molecule has 4 nitrogen and oxygen atoms in total. The van der Waals surface area contributed by atoms with Gasteiger partial charge in [0.1, 0.15) is 0 Å². The van der Waals surface area contributed by atoms with Crippen LogP contribution < -0.4 is 5.73 Å². The molecule has 0 amide bonds. The fraction of sp³-hybridized carbons (Fsp3) is 1.00. The molecule has 0 aromatic heterocycles. The predicted molar refractivity (Wildman–Crippen MR) is 81.2 cm³/mol. The molecular formula is C15H33N3O. The fourth-order valence-corrected chi connectivity index (χ4v) is 2.99. The SMILES string of the molecule is CCC(C)N1CCN(C(CO)C(N)CC(C)C)CC1. The molecule has 0 aromatic carbocycles. The first-order valence-corrected chi connectivity index (χ1v) is 7.84. The van der Waals surface area contributed by atoms with E-state index in [0.29, 0.717) is 12.0 Å². The Bertz CT molecular complexity index is 240. The fourth-order valence-electron chi connectivity index (χ4n) is 2.99. The van der Waals surface area contributed by atoms with Crippen molar-refractivity contribution in [2.24, 2.45) is 11.7 Å². The van der Waals surface area contributed by atoms with Gasteiger partial charge in [0.15, 0.2) is 0 Å². The number of nitrogens with two attached hydrogens (primary N) is 1. The van der Waals surface area contributed by atoms with Gasteiger partial charge < -0.3 is 10.8 Å². The van der Waals surface area contributed by atoms with E-state index < -0.39 is 0 Å². The quantitative estimate of drug-likeness (QED) is 0.729. The van der Waals surface area contributed by atoms with E-state index >= 15 is 0 Å². The second-order valence-corrected chi connectivity index (χ2v) is 6.37. The van der Waals surface area contributed by atoms with E-state index in [1.165, 1.54) is 6.42 Å². The van der Waals surface area contributed by atoms with Crippen molar-refractivity contribution in [2.75, 3.05) is 32.8 Å². The molecule has 3 atom stereocenters. The molecule has 19 heavy (non-hydrogen) atoms. The van der Waals surface area contributed by atoms with Gasteiger partial charge in [-0.15, -0.1) is 0 Å². The molecule has 3 unspecified atom stereocenters. The van der Waals surface area contributed by atoms with E-state index in [0.717, 1.165) is 32.6 Å². The first-order chi connectivity index (χ1) is 8.99. The molecule has 1 saturated heterocycles. The average Bonchev–Trinajstić information content (AvgIpc) is 2.38. The second-order valence-electron chi connectivity index (χ2n) is 6.37. The lowest BCUT2D eigenvalue weighted by Crippen LogP contribution is -2.58. The van der Waals surface area contributed by atoms with E-state index in [1.807, 2.05) is 0 Å². The van der Waals surface area contributed by atoms with Crippen LogP contribution in [0.15, 0.2) is 0 Å². The van der Waals surface area contributed by atoms with Crippen molar-refractivity contribution in [3.05, 3.63) is 0 Å². The molecule has 3 N–H and O–H groups in total. The smallest absolute Gasteiger partial charge is 0.0601 e. The third kappa shape index (κ3) is 5.03. The molecule has 0 aliphatic carbocycles. The van der Waals surface area contributed by atoms with Crippen molar-refractivity contribution >= 4 is 0 Å². The second kappa shape index (κ2) is 8.20. The van der Waals surface area contributed by atoms with Crippen LogP contribution in [0.2, 0.25) is 0 Å². The Morgan fingerprint density at radius 3 is 2.00 bits per heavy atom. The minimum atomic E-state index is 0.0835. The van der Waals surface area contributed by atoms with Gasteiger partial charge in [-0.25, -0.2) is 0 Å². The Morgan fingerprint density at radius 2 is 1.58 bits per heavy atom. The zero-order chi connectivity index (χ0) is 14.4. The zero-order valence-electron chi connectivity index (χ0n) is 13.2. The van der Waals surface area contributed by atoms with Gasteiger partial charge >= 0.3 is 0 Å². The molecule has 1 aliphatic rings. The zero-order valence-corrected chi connectivity index (χ0v) is 13.2. The van der Waals surface area contributed by atoms with Gasteiger partial charge in [-0.2, -0.15) is 0 Å². The Morgan fingerprint density at radius 1 is 1.05 bits per heavy atom. The summed E-state index contributed by atoms with van der Waals surface area (Å²) in [6.45, 7) is 13.3. The van der Waals surface area contributed by atoms with Gasteiger partial charge in [0.25, 0.3) is 0 Å². The molecule has 0 bridgehead atoms. The first-order valence-electron chi connectivity index (χ1n) is 7.84. The maximum Gasteiger partial charge on any atom is 0.0601 e. The van der Waals surface area contributed by atoms with E-state index in [1.54, 1.807) is 0 Å². The highest BCUT2D eigenvalue weighted by atomic mass is 16.3. The van der Waals surface area contributed by atoms with Crippen LogP contribution in [0, 0.1) is 5.92 Å². The Labute approximate surface area is 118 Å². The van der Waals surface area contributed by atoms with Crippen LogP contribution >= 0.6 is 0 Å². The lowest BCUT2D eigenvalue weighted by atomic mass is 9.97. The summed E-state index contributed by atoms with van der Waals surface area (Å²) in [6, 6.07) is 0.876. The number of hydrogen-bond donors (Lipinski definition) is 2. The summed E-state index contributed by atoms with van der Waals surface area (Å²) in [6.07, 6.45) is 2.19. The maximum absolute atomic E-state index is 9.65. The van der Waals surface area contributed by atoms with Crippen LogP contribution in [0.1, 0.15) is 40.5 Å². The van der Waals surface area contributed by atoms with Crippen LogP contribution in [0.5, 0.6) is 0 Å². The largest absolute Gasteiger partial charge is 0.395 e. The van der Waals surface area contributed by atoms with Crippen LogP contribution in [0.4, 0.5) is 0 Å².